The molecule has 1 aliphatic heterocycles. The zero-order valence-electron chi connectivity index (χ0n) is 11.6. The van der Waals surface area contributed by atoms with Crippen molar-refractivity contribution in [2.24, 2.45) is 0 Å². The van der Waals surface area contributed by atoms with Crippen LogP contribution in [0.2, 0.25) is 0 Å². The molecule has 21 heavy (non-hydrogen) atoms. The summed E-state index contributed by atoms with van der Waals surface area (Å²) in [6, 6.07) is 7.76. The van der Waals surface area contributed by atoms with Gasteiger partial charge in [0.15, 0.2) is 0 Å². The lowest BCUT2D eigenvalue weighted by Crippen LogP contribution is -2.41. The van der Waals surface area contributed by atoms with Crippen molar-refractivity contribution in [3.63, 3.8) is 0 Å². The number of rotatable bonds is 3. The van der Waals surface area contributed by atoms with Crippen LogP contribution in [0, 0.1) is 11.3 Å². The summed E-state index contributed by atoms with van der Waals surface area (Å²) in [5.74, 6) is 0.788. The summed E-state index contributed by atoms with van der Waals surface area (Å²) in [5.41, 5.74) is 1.55. The summed E-state index contributed by atoms with van der Waals surface area (Å²) in [7, 11) is 0. The molecule has 0 bridgehead atoms. The fourth-order valence-corrected chi connectivity index (χ4v) is 2.60. The van der Waals surface area contributed by atoms with Crippen LogP contribution in [0.5, 0.6) is 5.75 Å². The minimum Gasteiger partial charge on any atom is -0.487 e. The van der Waals surface area contributed by atoms with Gasteiger partial charge in [0, 0.05) is 18.9 Å². The molecule has 1 fully saturated rings. The molecule has 1 unspecified atom stereocenters. The molecular formula is C16H16N4O. The van der Waals surface area contributed by atoms with Gasteiger partial charge in [-0.1, -0.05) is 0 Å². The van der Waals surface area contributed by atoms with Gasteiger partial charge in [0.05, 0.1) is 30.2 Å². The molecule has 0 radical (unpaired) electrons. The van der Waals surface area contributed by atoms with E-state index >= 15 is 0 Å². The van der Waals surface area contributed by atoms with Gasteiger partial charge in [-0.25, -0.2) is 0 Å². The molecule has 2 aromatic rings. The maximum atomic E-state index is 9.21. The molecule has 0 saturated carbocycles. The van der Waals surface area contributed by atoms with Crippen LogP contribution in [0.1, 0.15) is 18.4 Å². The summed E-state index contributed by atoms with van der Waals surface area (Å²) in [6.07, 6.45) is 9.01. The Hall–Kier alpha value is -2.61. The van der Waals surface area contributed by atoms with E-state index in [1.807, 2.05) is 12.1 Å². The Morgan fingerprint density at radius 3 is 2.95 bits per heavy atom. The first-order chi connectivity index (χ1) is 10.4. The third kappa shape index (κ3) is 3.11. The molecule has 0 amide bonds. The molecule has 1 aliphatic rings. The summed E-state index contributed by atoms with van der Waals surface area (Å²) in [6.45, 7) is 1.68. The van der Waals surface area contributed by atoms with Crippen molar-refractivity contribution >= 4 is 5.69 Å². The van der Waals surface area contributed by atoms with Gasteiger partial charge in [-0.2, -0.15) is 5.26 Å². The summed E-state index contributed by atoms with van der Waals surface area (Å²) in [5, 5.41) is 9.21. The quantitative estimate of drug-likeness (QED) is 0.864. The predicted molar refractivity (Wildman–Crippen MR) is 79.1 cm³/mol. The first kappa shape index (κ1) is 13.4. The smallest absolute Gasteiger partial charge is 0.138 e. The number of nitriles is 1. The van der Waals surface area contributed by atoms with E-state index in [1.165, 1.54) is 0 Å². The Kier molecular flexibility index (Phi) is 3.97. The third-order valence-corrected chi connectivity index (χ3v) is 3.58. The van der Waals surface area contributed by atoms with Gasteiger partial charge in [0.1, 0.15) is 17.9 Å². The zero-order valence-corrected chi connectivity index (χ0v) is 11.6. The number of aromatic nitrogens is 2. The Balaban J connectivity index is 1.73. The molecule has 0 spiro atoms. The fourth-order valence-electron chi connectivity index (χ4n) is 2.60. The van der Waals surface area contributed by atoms with Gasteiger partial charge in [-0.05, 0) is 31.0 Å². The molecule has 3 rings (SSSR count). The molecule has 3 heterocycles. The highest BCUT2D eigenvalue weighted by Crippen LogP contribution is 2.24. The van der Waals surface area contributed by atoms with Crippen molar-refractivity contribution in [1.82, 2.24) is 9.97 Å². The van der Waals surface area contributed by atoms with Gasteiger partial charge in [-0.15, -0.1) is 0 Å². The van der Waals surface area contributed by atoms with Crippen LogP contribution in [-0.2, 0) is 0 Å². The maximum Gasteiger partial charge on any atom is 0.138 e. The van der Waals surface area contributed by atoms with Gasteiger partial charge in [-0.3, -0.25) is 9.97 Å². The van der Waals surface area contributed by atoms with Gasteiger partial charge in [0.2, 0.25) is 0 Å². The van der Waals surface area contributed by atoms with Gasteiger partial charge in [0.25, 0.3) is 0 Å². The fraction of sp³-hybridized carbons (Fsp3) is 0.312. The summed E-state index contributed by atoms with van der Waals surface area (Å²) in [4.78, 5) is 10.4. The highest BCUT2D eigenvalue weighted by molar-refractivity contribution is 5.57. The number of piperidine rings is 1. The van der Waals surface area contributed by atoms with Crippen molar-refractivity contribution in [3.05, 3.63) is 48.5 Å². The number of anilines is 1. The first-order valence-electron chi connectivity index (χ1n) is 7.02. The van der Waals surface area contributed by atoms with E-state index in [-0.39, 0.29) is 6.10 Å². The maximum absolute atomic E-state index is 9.21. The number of hydrogen-bond acceptors (Lipinski definition) is 5. The Bertz CT molecular complexity index is 638. The molecule has 1 saturated heterocycles. The minimum atomic E-state index is 0.106. The molecule has 1 atom stereocenters. The molecular weight excluding hydrogens is 264 g/mol. The monoisotopic (exact) mass is 280 g/mol. The normalized spacial score (nSPS) is 18.0. The average molecular weight is 280 g/mol. The van der Waals surface area contributed by atoms with Crippen molar-refractivity contribution in [2.75, 3.05) is 18.0 Å². The van der Waals surface area contributed by atoms with Crippen LogP contribution in [0.15, 0.2) is 43.0 Å². The number of hydrogen-bond donors (Lipinski definition) is 0. The molecule has 5 heteroatoms. The van der Waals surface area contributed by atoms with Crippen LogP contribution in [0.3, 0.4) is 0 Å². The first-order valence-corrected chi connectivity index (χ1v) is 7.02. The molecule has 0 N–H and O–H groups in total. The standard InChI is InChI=1S/C16H16N4O/c17-9-13-5-7-19-11-16(13)20-8-2-4-15(12-20)21-14-3-1-6-18-10-14/h1,3,5-7,10-11,15H,2,4,8,12H2. The molecule has 5 nitrogen and oxygen atoms in total. The number of pyridine rings is 2. The van der Waals surface area contributed by atoms with E-state index in [1.54, 1.807) is 30.9 Å². The third-order valence-electron chi connectivity index (χ3n) is 3.58. The molecule has 2 aromatic heterocycles. The lowest BCUT2D eigenvalue weighted by Gasteiger charge is -2.34. The highest BCUT2D eigenvalue weighted by atomic mass is 16.5. The van der Waals surface area contributed by atoms with E-state index < -0.39 is 0 Å². The second-order valence-corrected chi connectivity index (χ2v) is 5.02. The van der Waals surface area contributed by atoms with E-state index in [2.05, 4.69) is 20.9 Å². The summed E-state index contributed by atoms with van der Waals surface area (Å²) < 4.78 is 5.97. The van der Waals surface area contributed by atoms with Crippen LogP contribution in [0.25, 0.3) is 0 Å². The van der Waals surface area contributed by atoms with E-state index in [0.29, 0.717) is 5.56 Å². The van der Waals surface area contributed by atoms with E-state index in [9.17, 15) is 5.26 Å². The predicted octanol–water partition coefficient (Wildman–Crippen LogP) is 2.40. The topological polar surface area (TPSA) is 62.0 Å². The van der Waals surface area contributed by atoms with Crippen molar-refractivity contribution < 1.29 is 4.74 Å². The lowest BCUT2D eigenvalue weighted by atomic mass is 10.1. The molecule has 0 aromatic carbocycles. The second kappa shape index (κ2) is 6.23. The minimum absolute atomic E-state index is 0.106. The van der Waals surface area contributed by atoms with E-state index in [4.69, 9.17) is 4.74 Å². The van der Waals surface area contributed by atoms with Crippen LogP contribution in [0.4, 0.5) is 5.69 Å². The van der Waals surface area contributed by atoms with Gasteiger partial charge < -0.3 is 9.64 Å². The van der Waals surface area contributed by atoms with Crippen LogP contribution < -0.4 is 9.64 Å². The van der Waals surface area contributed by atoms with Crippen molar-refractivity contribution in [3.8, 4) is 11.8 Å². The van der Waals surface area contributed by atoms with Crippen molar-refractivity contribution in [2.45, 2.75) is 18.9 Å². The Morgan fingerprint density at radius 1 is 1.24 bits per heavy atom. The lowest BCUT2D eigenvalue weighted by molar-refractivity contribution is 0.178. The SMILES string of the molecule is N#Cc1ccncc1N1CCCC(Oc2cccnc2)C1. The highest BCUT2D eigenvalue weighted by Gasteiger charge is 2.23. The number of nitrogens with zero attached hydrogens (tertiary/aromatic N) is 4. The second-order valence-electron chi connectivity index (χ2n) is 5.02. The zero-order chi connectivity index (χ0) is 14.5. The van der Waals surface area contributed by atoms with Crippen molar-refractivity contribution in [1.29, 1.82) is 5.26 Å². The Morgan fingerprint density at radius 2 is 2.14 bits per heavy atom. The van der Waals surface area contributed by atoms with Gasteiger partial charge >= 0.3 is 0 Å². The summed E-state index contributed by atoms with van der Waals surface area (Å²) >= 11 is 0. The number of ether oxygens (including phenoxy) is 1. The largest absolute Gasteiger partial charge is 0.487 e. The van der Waals surface area contributed by atoms with E-state index in [0.717, 1.165) is 37.4 Å². The Labute approximate surface area is 123 Å². The van der Waals surface area contributed by atoms with Crippen LogP contribution >= 0.6 is 0 Å². The molecule has 106 valence electrons. The average Bonchev–Trinajstić information content (AvgIpc) is 2.56. The molecule has 0 aliphatic carbocycles. The van der Waals surface area contributed by atoms with Crippen LogP contribution in [-0.4, -0.2) is 29.2 Å².